The molecule has 0 radical (unpaired) electrons. The predicted molar refractivity (Wildman–Crippen MR) is 97.4 cm³/mol. The molecule has 142 valence electrons. The number of pyridine rings is 1. The summed E-state index contributed by atoms with van der Waals surface area (Å²) in [5, 5.41) is 9.18. The smallest absolute Gasteiger partial charge is 0.354 e. The predicted octanol–water partition coefficient (Wildman–Crippen LogP) is 2.03. The highest BCUT2D eigenvalue weighted by Crippen LogP contribution is 2.40. The van der Waals surface area contributed by atoms with E-state index in [1.165, 1.54) is 0 Å². The van der Waals surface area contributed by atoms with Crippen LogP contribution in [0.4, 0.5) is 5.69 Å². The van der Waals surface area contributed by atoms with Gasteiger partial charge in [-0.15, -0.1) is 0 Å². The first-order chi connectivity index (χ1) is 12.5. The summed E-state index contributed by atoms with van der Waals surface area (Å²) in [5.41, 5.74) is 1.06. The summed E-state index contributed by atoms with van der Waals surface area (Å²) in [7, 11) is 1.68. The number of amides is 1. The van der Waals surface area contributed by atoms with Crippen LogP contribution in [-0.4, -0.2) is 66.8 Å². The quantitative estimate of drug-likeness (QED) is 0.781. The summed E-state index contributed by atoms with van der Waals surface area (Å²) in [5.74, 6) is -0.771. The Morgan fingerprint density at radius 1 is 1.38 bits per heavy atom. The van der Waals surface area contributed by atoms with E-state index >= 15 is 0 Å². The van der Waals surface area contributed by atoms with Crippen LogP contribution in [-0.2, 0) is 9.53 Å². The molecule has 2 fully saturated rings. The van der Waals surface area contributed by atoms with E-state index in [1.54, 1.807) is 19.4 Å². The van der Waals surface area contributed by atoms with Crippen molar-refractivity contribution in [1.29, 1.82) is 0 Å². The second-order valence-electron chi connectivity index (χ2n) is 7.39. The topological polar surface area (TPSA) is 83.0 Å². The Labute approximate surface area is 153 Å². The van der Waals surface area contributed by atoms with Crippen molar-refractivity contribution < 1.29 is 19.4 Å². The molecule has 0 aliphatic carbocycles. The number of rotatable bonds is 6. The van der Waals surface area contributed by atoms with E-state index in [4.69, 9.17) is 4.74 Å². The van der Waals surface area contributed by atoms with E-state index in [9.17, 15) is 14.7 Å². The van der Waals surface area contributed by atoms with Gasteiger partial charge < -0.3 is 19.6 Å². The van der Waals surface area contributed by atoms with Crippen molar-refractivity contribution in [2.75, 3.05) is 44.8 Å². The number of carbonyl (C=O) groups is 2. The summed E-state index contributed by atoms with van der Waals surface area (Å²) in [6.07, 6.45) is 6.06. The molecule has 1 spiro atoms. The van der Waals surface area contributed by atoms with E-state index in [-0.39, 0.29) is 17.0 Å². The molecule has 1 aromatic heterocycles. The molecule has 2 aliphatic rings. The average molecular weight is 361 g/mol. The summed E-state index contributed by atoms with van der Waals surface area (Å²) in [4.78, 5) is 31.6. The third kappa shape index (κ3) is 4.15. The van der Waals surface area contributed by atoms with Crippen LogP contribution < -0.4 is 4.90 Å². The molecule has 2 saturated heterocycles. The molecule has 1 N–H and O–H groups in total. The summed E-state index contributed by atoms with van der Waals surface area (Å²) < 4.78 is 5.11. The van der Waals surface area contributed by atoms with Crippen LogP contribution in [0.25, 0.3) is 0 Å². The minimum atomic E-state index is -1.01. The van der Waals surface area contributed by atoms with Crippen molar-refractivity contribution in [2.45, 2.75) is 32.1 Å². The number of carboxylic acid groups (broad SMARTS) is 1. The van der Waals surface area contributed by atoms with Gasteiger partial charge in [0.25, 0.3) is 0 Å². The lowest BCUT2D eigenvalue weighted by molar-refractivity contribution is -0.138. The van der Waals surface area contributed by atoms with Crippen LogP contribution >= 0.6 is 0 Å². The molecule has 3 rings (SSSR count). The van der Waals surface area contributed by atoms with Crippen LogP contribution in [0.5, 0.6) is 0 Å². The Hall–Kier alpha value is -2.15. The summed E-state index contributed by atoms with van der Waals surface area (Å²) in [6, 6.07) is 3.52. The highest BCUT2D eigenvalue weighted by atomic mass is 16.5. The van der Waals surface area contributed by atoms with Crippen LogP contribution in [0.15, 0.2) is 18.3 Å². The van der Waals surface area contributed by atoms with Crippen molar-refractivity contribution in [1.82, 2.24) is 9.88 Å². The molecule has 1 amide bonds. The summed E-state index contributed by atoms with van der Waals surface area (Å²) in [6.45, 7) is 3.94. The third-order valence-corrected chi connectivity index (χ3v) is 5.51. The van der Waals surface area contributed by atoms with Crippen molar-refractivity contribution >= 4 is 17.6 Å². The largest absolute Gasteiger partial charge is 0.477 e. The van der Waals surface area contributed by atoms with Gasteiger partial charge >= 0.3 is 5.97 Å². The van der Waals surface area contributed by atoms with Crippen molar-refractivity contribution in [3.05, 3.63) is 24.0 Å². The van der Waals surface area contributed by atoms with Gasteiger partial charge in [-0.2, -0.15) is 0 Å². The van der Waals surface area contributed by atoms with Gasteiger partial charge in [0.2, 0.25) is 5.91 Å². The van der Waals surface area contributed by atoms with Crippen molar-refractivity contribution in [3.8, 4) is 0 Å². The average Bonchev–Trinajstić information content (AvgIpc) is 2.65. The molecular weight excluding hydrogens is 334 g/mol. The van der Waals surface area contributed by atoms with Crippen LogP contribution in [0.2, 0.25) is 0 Å². The molecular formula is C19H27N3O4. The SMILES string of the molecule is COCCCN1C[C@@]2(CCCN(c3ccnc(C(=O)O)c3)C2)CCC1=O. The fraction of sp³-hybridized carbons (Fsp3) is 0.632. The zero-order chi connectivity index (χ0) is 18.6. The maximum atomic E-state index is 12.3. The number of piperidine rings is 2. The third-order valence-electron chi connectivity index (χ3n) is 5.51. The number of hydrogen-bond acceptors (Lipinski definition) is 5. The molecule has 7 nitrogen and oxygen atoms in total. The van der Waals surface area contributed by atoms with Gasteiger partial charge in [0.05, 0.1) is 0 Å². The van der Waals surface area contributed by atoms with E-state index < -0.39 is 5.97 Å². The maximum Gasteiger partial charge on any atom is 0.354 e. The van der Waals surface area contributed by atoms with Crippen molar-refractivity contribution in [3.63, 3.8) is 0 Å². The first-order valence-electron chi connectivity index (χ1n) is 9.24. The molecule has 0 saturated carbocycles. The molecule has 26 heavy (non-hydrogen) atoms. The number of carbonyl (C=O) groups excluding carboxylic acids is 1. The zero-order valence-corrected chi connectivity index (χ0v) is 15.3. The van der Waals surface area contributed by atoms with E-state index in [0.717, 1.165) is 57.5 Å². The Morgan fingerprint density at radius 2 is 2.23 bits per heavy atom. The maximum absolute atomic E-state index is 12.3. The normalized spacial score (nSPS) is 23.5. The molecule has 0 aromatic carbocycles. The van der Waals surface area contributed by atoms with Gasteiger partial charge in [0.1, 0.15) is 5.69 Å². The van der Waals surface area contributed by atoms with Gasteiger partial charge in [0.15, 0.2) is 0 Å². The molecule has 7 heteroatoms. The molecule has 1 aromatic rings. The second-order valence-corrected chi connectivity index (χ2v) is 7.39. The number of carboxylic acids is 1. The van der Waals surface area contributed by atoms with Gasteiger partial charge in [-0.05, 0) is 37.8 Å². The van der Waals surface area contributed by atoms with Gasteiger partial charge in [-0.25, -0.2) is 9.78 Å². The van der Waals surface area contributed by atoms with Crippen LogP contribution in [0, 0.1) is 5.41 Å². The Kier molecular flexibility index (Phi) is 5.76. The number of anilines is 1. The fourth-order valence-electron chi connectivity index (χ4n) is 4.20. The lowest BCUT2D eigenvalue weighted by Crippen LogP contribution is -2.54. The molecule has 1 atom stereocenters. The minimum absolute atomic E-state index is 0.0714. The van der Waals surface area contributed by atoms with E-state index in [0.29, 0.717) is 13.0 Å². The number of aromatic carboxylic acids is 1. The number of hydrogen-bond donors (Lipinski definition) is 1. The highest BCUT2D eigenvalue weighted by Gasteiger charge is 2.41. The number of ether oxygens (including phenoxy) is 1. The number of aromatic nitrogens is 1. The Morgan fingerprint density at radius 3 is 3.00 bits per heavy atom. The molecule has 3 heterocycles. The highest BCUT2D eigenvalue weighted by molar-refractivity contribution is 5.86. The van der Waals surface area contributed by atoms with E-state index in [1.807, 2.05) is 11.0 Å². The molecule has 2 aliphatic heterocycles. The fourth-order valence-corrected chi connectivity index (χ4v) is 4.20. The second kappa shape index (κ2) is 8.03. The van der Waals surface area contributed by atoms with Gasteiger partial charge in [-0.3, -0.25) is 4.79 Å². The first-order valence-corrected chi connectivity index (χ1v) is 9.24. The molecule has 0 unspecified atom stereocenters. The van der Waals surface area contributed by atoms with Gasteiger partial charge in [-0.1, -0.05) is 0 Å². The molecule has 0 bridgehead atoms. The van der Waals surface area contributed by atoms with Crippen molar-refractivity contribution in [2.24, 2.45) is 5.41 Å². The standard InChI is InChI=1S/C19H27N3O4/c1-26-11-3-10-22-14-19(7-4-17(22)23)6-2-9-21(13-19)15-5-8-20-16(12-15)18(24)25/h5,8,12H,2-4,6-7,9-11,13-14H2,1H3,(H,24,25)/t19-/m0/s1. The number of likely N-dealkylation sites (tertiary alicyclic amines) is 1. The lowest BCUT2D eigenvalue weighted by Gasteiger charge is -2.49. The minimum Gasteiger partial charge on any atom is -0.477 e. The summed E-state index contributed by atoms with van der Waals surface area (Å²) >= 11 is 0. The Balaban J connectivity index is 1.71. The monoisotopic (exact) mass is 361 g/mol. The number of nitrogens with zero attached hydrogens (tertiary/aromatic N) is 3. The lowest BCUT2D eigenvalue weighted by atomic mass is 9.73. The van der Waals surface area contributed by atoms with E-state index in [2.05, 4.69) is 9.88 Å². The van der Waals surface area contributed by atoms with Gasteiger partial charge in [0, 0.05) is 63.6 Å². The first kappa shape index (κ1) is 18.6. The number of methoxy groups -OCH3 is 1. The Bertz CT molecular complexity index is 666. The zero-order valence-electron chi connectivity index (χ0n) is 15.3. The van der Waals surface area contributed by atoms with Crippen LogP contribution in [0.3, 0.4) is 0 Å². The van der Waals surface area contributed by atoms with Crippen LogP contribution in [0.1, 0.15) is 42.6 Å².